The van der Waals surface area contributed by atoms with Gasteiger partial charge in [0.1, 0.15) is 11.4 Å². The van der Waals surface area contributed by atoms with Crippen molar-refractivity contribution in [2.45, 2.75) is 38.8 Å². The number of carbonyl (C=O) groups is 1. The summed E-state index contributed by atoms with van der Waals surface area (Å²) >= 11 is 5.98. The summed E-state index contributed by atoms with van der Waals surface area (Å²) in [5.41, 5.74) is 1.09. The van der Waals surface area contributed by atoms with Crippen LogP contribution in [0.3, 0.4) is 0 Å². The van der Waals surface area contributed by atoms with E-state index in [-0.39, 0.29) is 29.4 Å². The van der Waals surface area contributed by atoms with Crippen LogP contribution >= 0.6 is 11.6 Å². The molecule has 0 unspecified atom stereocenters. The van der Waals surface area contributed by atoms with E-state index < -0.39 is 34.9 Å². The van der Waals surface area contributed by atoms with Gasteiger partial charge in [-0.25, -0.2) is 9.18 Å². The number of rotatable bonds is 7. The summed E-state index contributed by atoms with van der Waals surface area (Å²) in [7, 11) is 0. The summed E-state index contributed by atoms with van der Waals surface area (Å²) in [5.74, 6) is -1.97. The van der Waals surface area contributed by atoms with Crippen LogP contribution in [0.25, 0.3) is 10.9 Å². The quantitative estimate of drug-likeness (QED) is 0.453. The summed E-state index contributed by atoms with van der Waals surface area (Å²) < 4.78 is 16.4. The molecule has 1 aromatic heterocycles. The second-order valence-electron chi connectivity index (χ2n) is 9.35. The Morgan fingerprint density at radius 3 is 2.60 bits per heavy atom. The Labute approximate surface area is 207 Å². The van der Waals surface area contributed by atoms with Gasteiger partial charge in [0.15, 0.2) is 0 Å². The molecule has 1 aliphatic rings. The Bertz CT molecular complexity index is 1340. The summed E-state index contributed by atoms with van der Waals surface area (Å²) in [5, 5.41) is 30.1. The van der Waals surface area contributed by atoms with Crippen molar-refractivity contribution in [1.82, 2.24) is 4.57 Å². The number of benzene rings is 2. The lowest BCUT2D eigenvalue weighted by molar-refractivity contribution is 0.0694. The second kappa shape index (κ2) is 9.97. The van der Waals surface area contributed by atoms with E-state index in [9.17, 15) is 29.3 Å². The number of hydrogen-bond donors (Lipinski definition) is 3. The van der Waals surface area contributed by atoms with Gasteiger partial charge in [0.2, 0.25) is 5.43 Å². The largest absolute Gasteiger partial charge is 0.477 e. The van der Waals surface area contributed by atoms with Crippen molar-refractivity contribution in [2.75, 3.05) is 24.6 Å². The molecule has 1 fully saturated rings. The highest BCUT2D eigenvalue weighted by Crippen LogP contribution is 2.34. The first kappa shape index (κ1) is 25.2. The molecule has 0 aliphatic carbocycles. The molecule has 0 radical (unpaired) electrons. The van der Waals surface area contributed by atoms with Crippen LogP contribution in [0.4, 0.5) is 10.1 Å². The normalized spacial score (nSPS) is 16.9. The van der Waals surface area contributed by atoms with Gasteiger partial charge in [-0.3, -0.25) is 4.79 Å². The van der Waals surface area contributed by atoms with Crippen LogP contribution in [-0.2, 0) is 6.42 Å². The van der Waals surface area contributed by atoms with Crippen LogP contribution in [0.15, 0.2) is 41.3 Å². The zero-order chi connectivity index (χ0) is 25.4. The number of β-amino-alcohol motifs (C(OH)–C–C–N with tert-alkyl or cyclic N) is 1. The highest BCUT2D eigenvalue weighted by molar-refractivity contribution is 6.30. The van der Waals surface area contributed by atoms with Gasteiger partial charge in [0.25, 0.3) is 0 Å². The number of aliphatic hydroxyl groups is 2. The summed E-state index contributed by atoms with van der Waals surface area (Å²) in [6.07, 6.45) is 1.46. The molecular formula is C26H28ClFN2O5. The maximum Gasteiger partial charge on any atom is 0.341 e. The second-order valence-corrected chi connectivity index (χ2v) is 9.76. The highest BCUT2D eigenvalue weighted by atomic mass is 35.5. The molecule has 1 saturated heterocycles. The lowest BCUT2D eigenvalue weighted by Gasteiger charge is -2.27. The average Bonchev–Trinajstić information content (AvgIpc) is 3.24. The molecular weight excluding hydrogens is 475 g/mol. The molecule has 4 rings (SSSR count). The summed E-state index contributed by atoms with van der Waals surface area (Å²) in [4.78, 5) is 27.1. The van der Waals surface area contributed by atoms with Gasteiger partial charge in [-0.2, -0.15) is 0 Å². The minimum atomic E-state index is -1.36. The van der Waals surface area contributed by atoms with Crippen LogP contribution in [0.2, 0.25) is 5.02 Å². The Hall–Kier alpha value is -2.94. The number of carboxylic acids is 1. The highest BCUT2D eigenvalue weighted by Gasteiger charge is 2.27. The fraction of sp³-hybridized carbons (Fsp3) is 0.385. The van der Waals surface area contributed by atoms with Crippen molar-refractivity contribution < 1.29 is 24.5 Å². The smallest absolute Gasteiger partial charge is 0.341 e. The van der Waals surface area contributed by atoms with Crippen molar-refractivity contribution in [3.63, 3.8) is 0 Å². The molecule has 2 atom stereocenters. The number of pyridine rings is 1. The van der Waals surface area contributed by atoms with Gasteiger partial charge < -0.3 is 24.8 Å². The molecule has 35 heavy (non-hydrogen) atoms. The molecule has 2 aromatic carbocycles. The first-order valence-electron chi connectivity index (χ1n) is 11.5. The third kappa shape index (κ3) is 4.78. The van der Waals surface area contributed by atoms with Crippen molar-refractivity contribution in [3.8, 4) is 0 Å². The molecule has 186 valence electrons. The van der Waals surface area contributed by atoms with Crippen LogP contribution in [0, 0.1) is 11.7 Å². The molecule has 9 heteroatoms. The van der Waals surface area contributed by atoms with Crippen molar-refractivity contribution in [2.24, 2.45) is 5.92 Å². The lowest BCUT2D eigenvalue weighted by atomic mass is 9.97. The summed E-state index contributed by atoms with van der Waals surface area (Å²) in [6, 6.07) is 7.63. The van der Waals surface area contributed by atoms with E-state index in [1.807, 2.05) is 18.7 Å². The predicted molar refractivity (Wildman–Crippen MR) is 133 cm³/mol. The van der Waals surface area contributed by atoms with E-state index in [2.05, 4.69) is 0 Å². The molecule has 0 amide bonds. The number of hydrogen-bond acceptors (Lipinski definition) is 5. The van der Waals surface area contributed by atoms with E-state index in [1.165, 1.54) is 12.3 Å². The van der Waals surface area contributed by atoms with Gasteiger partial charge in [-0.05, 0) is 41.7 Å². The van der Waals surface area contributed by atoms with Crippen molar-refractivity contribution in [1.29, 1.82) is 0 Å². The fourth-order valence-corrected chi connectivity index (χ4v) is 4.96. The van der Waals surface area contributed by atoms with Crippen LogP contribution in [-0.4, -0.2) is 51.7 Å². The van der Waals surface area contributed by atoms with Crippen molar-refractivity contribution >= 4 is 34.2 Å². The number of halogens is 2. The maximum absolute atomic E-state index is 14.8. The van der Waals surface area contributed by atoms with E-state index in [1.54, 1.807) is 28.8 Å². The van der Waals surface area contributed by atoms with Crippen LogP contribution < -0.4 is 10.3 Å². The number of carboxylic acid groups (broad SMARTS) is 1. The SMILES string of the molecule is CC(C)[C@@H](CO)n1cc(C(=O)O)c(=O)c2cc(Cc3cccc(Cl)c3F)c(N3CC[C@@H](O)C3)cc21. The zero-order valence-corrected chi connectivity index (χ0v) is 20.3. The topological polar surface area (TPSA) is 103 Å². The molecule has 0 saturated carbocycles. The fourth-order valence-electron chi connectivity index (χ4n) is 4.76. The van der Waals surface area contributed by atoms with E-state index in [0.29, 0.717) is 41.8 Å². The third-order valence-electron chi connectivity index (χ3n) is 6.69. The van der Waals surface area contributed by atoms with E-state index >= 15 is 0 Å². The number of aromatic nitrogens is 1. The molecule has 2 heterocycles. The molecule has 0 spiro atoms. The minimum Gasteiger partial charge on any atom is -0.477 e. The zero-order valence-electron chi connectivity index (χ0n) is 19.5. The molecule has 7 nitrogen and oxygen atoms in total. The van der Waals surface area contributed by atoms with Gasteiger partial charge in [-0.1, -0.05) is 37.6 Å². The maximum atomic E-state index is 14.8. The van der Waals surface area contributed by atoms with Crippen LogP contribution in [0.1, 0.15) is 47.8 Å². The summed E-state index contributed by atoms with van der Waals surface area (Å²) in [6.45, 7) is 4.50. The number of aromatic carboxylic acids is 1. The first-order valence-corrected chi connectivity index (χ1v) is 11.9. The molecule has 3 N–H and O–H groups in total. The Morgan fingerprint density at radius 2 is 2.00 bits per heavy atom. The standard InChI is InChI=1S/C26H28ClFN2O5/c1-14(2)23(13-31)30-12-19(26(34)35)25(33)18-9-16(8-15-4-3-5-20(27)24(15)28)21(10-22(18)30)29-7-6-17(32)11-29/h3-5,9-10,12,14,17,23,31-32H,6-8,11,13H2,1-2H3,(H,34,35)/t17-,23-/m1/s1. The van der Waals surface area contributed by atoms with Crippen LogP contribution in [0.5, 0.6) is 0 Å². The number of fused-ring (bicyclic) bond motifs is 1. The Balaban J connectivity index is 2.02. The molecule has 3 aromatic rings. The Morgan fingerprint density at radius 1 is 1.26 bits per heavy atom. The van der Waals surface area contributed by atoms with Gasteiger partial charge in [0, 0.05) is 36.8 Å². The van der Waals surface area contributed by atoms with E-state index in [4.69, 9.17) is 11.6 Å². The Kier molecular flexibility index (Phi) is 7.17. The first-order chi connectivity index (χ1) is 16.6. The third-order valence-corrected chi connectivity index (χ3v) is 6.99. The van der Waals surface area contributed by atoms with Gasteiger partial charge in [-0.15, -0.1) is 0 Å². The lowest BCUT2D eigenvalue weighted by Crippen LogP contribution is -2.27. The van der Waals surface area contributed by atoms with Crippen molar-refractivity contribution in [3.05, 3.63) is 74.3 Å². The number of nitrogens with zero attached hydrogens (tertiary/aromatic N) is 2. The van der Waals surface area contributed by atoms with Gasteiger partial charge >= 0.3 is 5.97 Å². The van der Waals surface area contributed by atoms with E-state index in [0.717, 1.165) is 0 Å². The monoisotopic (exact) mass is 502 g/mol. The number of anilines is 1. The van der Waals surface area contributed by atoms with Gasteiger partial charge in [0.05, 0.1) is 29.3 Å². The minimum absolute atomic E-state index is 0.0142. The predicted octanol–water partition coefficient (Wildman–Crippen LogP) is 3.84. The molecule has 1 aliphatic heterocycles. The average molecular weight is 503 g/mol. The molecule has 0 bridgehead atoms. The number of aliphatic hydroxyl groups excluding tert-OH is 2.